The van der Waals surface area contributed by atoms with E-state index in [2.05, 4.69) is 77.9 Å². The van der Waals surface area contributed by atoms with Crippen molar-refractivity contribution in [2.45, 2.75) is 93.8 Å². The fourth-order valence-electron chi connectivity index (χ4n) is 6.76. The topological polar surface area (TPSA) is 15.3 Å². The molecule has 4 heteroatoms. The van der Waals surface area contributed by atoms with E-state index in [1.165, 1.54) is 87.8 Å². The Morgan fingerprint density at radius 3 is 1.71 bits per heavy atom. The van der Waals surface area contributed by atoms with E-state index in [0.717, 1.165) is 23.3 Å². The number of hydrogen-bond donors (Lipinski definition) is 1. The van der Waals surface area contributed by atoms with Crippen molar-refractivity contribution in [2.75, 3.05) is 19.9 Å². The molecule has 0 amide bonds. The lowest BCUT2D eigenvalue weighted by atomic mass is 9.99. The maximum absolute atomic E-state index is 4.03. The molecule has 1 saturated heterocycles. The minimum Gasteiger partial charge on any atom is -0.301 e. The molecule has 1 heterocycles. The highest BCUT2D eigenvalue weighted by Crippen LogP contribution is 2.60. The third-order valence-corrected chi connectivity index (χ3v) is 15.1. The second-order valence-corrected chi connectivity index (χ2v) is 16.1. The van der Waals surface area contributed by atoms with Crippen molar-refractivity contribution >= 4 is 26.5 Å². The molecular formula is C30H44N2P2. The molecule has 0 bridgehead atoms. The molecule has 2 unspecified atom stereocenters. The highest BCUT2D eigenvalue weighted by Gasteiger charge is 2.40. The van der Waals surface area contributed by atoms with Crippen LogP contribution in [-0.4, -0.2) is 47.9 Å². The van der Waals surface area contributed by atoms with E-state index in [0.29, 0.717) is 6.17 Å². The summed E-state index contributed by atoms with van der Waals surface area (Å²) in [6, 6.07) is 22.5. The first-order valence-electron chi connectivity index (χ1n) is 13.9. The van der Waals surface area contributed by atoms with Crippen LogP contribution in [0.15, 0.2) is 60.7 Å². The van der Waals surface area contributed by atoms with E-state index >= 15 is 0 Å². The summed E-state index contributed by atoms with van der Waals surface area (Å²) < 4.78 is 0. The van der Waals surface area contributed by atoms with Gasteiger partial charge in [0.15, 0.2) is 0 Å². The second kappa shape index (κ2) is 12.5. The van der Waals surface area contributed by atoms with E-state index in [9.17, 15) is 0 Å². The molecule has 2 saturated carbocycles. The van der Waals surface area contributed by atoms with E-state index in [4.69, 9.17) is 0 Å². The van der Waals surface area contributed by atoms with Gasteiger partial charge in [-0.2, -0.15) is 0 Å². The summed E-state index contributed by atoms with van der Waals surface area (Å²) in [5.74, 6) is 0. The molecule has 5 rings (SSSR count). The van der Waals surface area contributed by atoms with Gasteiger partial charge in [-0.1, -0.05) is 107 Å². The van der Waals surface area contributed by atoms with Crippen LogP contribution < -0.4 is 15.9 Å². The Morgan fingerprint density at radius 2 is 1.21 bits per heavy atom. The van der Waals surface area contributed by atoms with Gasteiger partial charge in [-0.05, 0) is 74.7 Å². The molecular weight excluding hydrogens is 450 g/mol. The molecule has 2 aromatic rings. The normalized spacial score (nSPS) is 24.9. The average Bonchev–Trinajstić information content (AvgIpc) is 3.39. The molecule has 0 spiro atoms. The average molecular weight is 495 g/mol. The number of nitrogens with zero attached hydrogens (tertiary/aromatic N) is 1. The second-order valence-electron chi connectivity index (χ2n) is 10.8. The molecule has 0 radical (unpaired) electrons. The van der Waals surface area contributed by atoms with Crippen molar-refractivity contribution < 1.29 is 0 Å². The Hall–Kier alpha value is -0.780. The molecule has 2 aliphatic carbocycles. The molecule has 34 heavy (non-hydrogen) atoms. The number of benzene rings is 2. The molecule has 2 atom stereocenters. The molecule has 3 fully saturated rings. The molecule has 1 aliphatic heterocycles. The van der Waals surface area contributed by atoms with Crippen molar-refractivity contribution in [3.05, 3.63) is 60.7 Å². The zero-order valence-corrected chi connectivity index (χ0v) is 22.9. The van der Waals surface area contributed by atoms with Crippen LogP contribution in [0.5, 0.6) is 0 Å². The standard InChI is InChI=1S/C30H44N2P2/c1-32(24-33(25-14-6-2-7-15-25)26-16-8-3-9-17-26)30-22-29(23-31-30)34(27-18-10-4-11-19-27)28-20-12-5-13-21-28/h2-3,6-9,14-17,27-31H,4-5,10-13,18-24H2,1H3. The van der Waals surface area contributed by atoms with Crippen LogP contribution in [0.3, 0.4) is 0 Å². The summed E-state index contributed by atoms with van der Waals surface area (Å²) in [5.41, 5.74) is 3.07. The lowest BCUT2D eigenvalue weighted by Crippen LogP contribution is -2.40. The van der Waals surface area contributed by atoms with Gasteiger partial charge in [-0.25, -0.2) is 0 Å². The van der Waals surface area contributed by atoms with Crippen molar-refractivity contribution in [2.24, 2.45) is 0 Å². The van der Waals surface area contributed by atoms with Crippen molar-refractivity contribution in [3.63, 3.8) is 0 Å². The minimum atomic E-state index is -0.369. The fourth-order valence-corrected chi connectivity index (χ4v) is 13.6. The van der Waals surface area contributed by atoms with Gasteiger partial charge in [-0.3, -0.25) is 4.90 Å². The van der Waals surface area contributed by atoms with E-state index in [1.807, 2.05) is 0 Å². The van der Waals surface area contributed by atoms with Crippen molar-refractivity contribution in [1.82, 2.24) is 10.2 Å². The number of hydrogen-bond acceptors (Lipinski definition) is 2. The van der Waals surface area contributed by atoms with Crippen LogP contribution in [-0.2, 0) is 0 Å². The Morgan fingerprint density at radius 1 is 0.706 bits per heavy atom. The monoisotopic (exact) mass is 494 g/mol. The quantitative estimate of drug-likeness (QED) is 0.404. The lowest BCUT2D eigenvalue weighted by molar-refractivity contribution is 0.262. The smallest absolute Gasteiger partial charge is 0.0604 e. The summed E-state index contributed by atoms with van der Waals surface area (Å²) >= 11 is 0. The van der Waals surface area contributed by atoms with E-state index in [-0.39, 0.29) is 15.8 Å². The molecule has 2 nitrogen and oxygen atoms in total. The lowest BCUT2D eigenvalue weighted by Gasteiger charge is -2.42. The zero-order chi connectivity index (χ0) is 23.2. The van der Waals surface area contributed by atoms with Gasteiger partial charge in [0.1, 0.15) is 0 Å². The third-order valence-electron chi connectivity index (χ3n) is 8.53. The van der Waals surface area contributed by atoms with E-state index < -0.39 is 0 Å². The Balaban J connectivity index is 1.28. The maximum atomic E-state index is 4.03. The number of nitrogens with one attached hydrogen (secondary N) is 1. The Labute approximate surface area is 210 Å². The molecule has 2 aromatic carbocycles. The van der Waals surface area contributed by atoms with Gasteiger partial charge in [0.2, 0.25) is 0 Å². The first-order chi connectivity index (χ1) is 16.8. The first kappa shape index (κ1) is 24.9. The Bertz CT molecular complexity index is 791. The van der Waals surface area contributed by atoms with Crippen LogP contribution in [0.25, 0.3) is 0 Å². The van der Waals surface area contributed by atoms with Gasteiger partial charge in [-0.15, -0.1) is 0 Å². The summed E-state index contributed by atoms with van der Waals surface area (Å²) in [7, 11) is 2.17. The molecule has 3 aliphatic rings. The summed E-state index contributed by atoms with van der Waals surface area (Å²) in [6.07, 6.45) is 18.2. The van der Waals surface area contributed by atoms with Crippen LogP contribution in [0.2, 0.25) is 0 Å². The van der Waals surface area contributed by atoms with Gasteiger partial charge >= 0.3 is 0 Å². The van der Waals surface area contributed by atoms with Crippen LogP contribution in [0.1, 0.15) is 70.6 Å². The first-order valence-corrected chi connectivity index (χ1v) is 17.0. The Kier molecular flexibility index (Phi) is 9.12. The largest absolute Gasteiger partial charge is 0.301 e. The van der Waals surface area contributed by atoms with Crippen LogP contribution in [0, 0.1) is 0 Å². The number of rotatable bonds is 8. The molecule has 0 aromatic heterocycles. The third kappa shape index (κ3) is 6.13. The van der Waals surface area contributed by atoms with Gasteiger partial charge < -0.3 is 5.32 Å². The summed E-state index contributed by atoms with van der Waals surface area (Å²) in [5, 5.41) is 7.02. The summed E-state index contributed by atoms with van der Waals surface area (Å²) in [4.78, 5) is 2.67. The van der Waals surface area contributed by atoms with Gasteiger partial charge in [0.25, 0.3) is 0 Å². The van der Waals surface area contributed by atoms with Crippen molar-refractivity contribution in [3.8, 4) is 0 Å². The summed E-state index contributed by atoms with van der Waals surface area (Å²) in [6.45, 7) is 1.27. The van der Waals surface area contributed by atoms with Gasteiger partial charge in [0.05, 0.1) is 6.17 Å². The zero-order valence-electron chi connectivity index (χ0n) is 21.1. The predicted octanol–water partition coefficient (Wildman–Crippen LogP) is 6.84. The van der Waals surface area contributed by atoms with E-state index in [1.54, 1.807) is 0 Å². The minimum absolute atomic E-state index is 0.159. The fraction of sp³-hybridized carbons (Fsp3) is 0.600. The maximum Gasteiger partial charge on any atom is 0.0604 e. The predicted molar refractivity (Wildman–Crippen MR) is 153 cm³/mol. The molecule has 184 valence electrons. The molecule has 1 N–H and O–H groups in total. The van der Waals surface area contributed by atoms with Crippen LogP contribution in [0.4, 0.5) is 0 Å². The van der Waals surface area contributed by atoms with Gasteiger partial charge in [0, 0.05) is 12.8 Å². The van der Waals surface area contributed by atoms with Crippen molar-refractivity contribution in [1.29, 1.82) is 0 Å². The highest BCUT2D eigenvalue weighted by atomic mass is 31.1. The van der Waals surface area contributed by atoms with Crippen LogP contribution >= 0.6 is 15.8 Å². The highest BCUT2D eigenvalue weighted by molar-refractivity contribution is 7.72. The SMILES string of the molecule is CN(CP(c1ccccc1)c1ccccc1)C1CC(P(C2CCCCC2)C2CCCCC2)CN1.